The SMILES string of the molecule is COCCNC(=NCC(=O)N(C)C)N1CCC(CCCN(C)CCOC)CC1. The Kier molecular flexibility index (Phi) is 12.9. The van der Waals surface area contributed by atoms with Crippen molar-refractivity contribution in [2.75, 3.05) is 87.8 Å². The number of hydrogen-bond donors (Lipinski definition) is 1. The third-order valence-electron chi connectivity index (χ3n) is 5.20. The number of carbonyl (C=O) groups excluding carboxylic acids is 1. The number of methoxy groups -OCH3 is 2. The predicted molar refractivity (Wildman–Crippen MR) is 114 cm³/mol. The van der Waals surface area contributed by atoms with Gasteiger partial charge in [0.05, 0.1) is 13.2 Å². The number of ether oxygens (including phenoxy) is 2. The van der Waals surface area contributed by atoms with Crippen LogP contribution in [-0.4, -0.2) is 114 Å². The molecule has 0 aromatic rings. The highest BCUT2D eigenvalue weighted by atomic mass is 16.5. The molecule has 0 spiro atoms. The third-order valence-corrected chi connectivity index (χ3v) is 5.20. The van der Waals surface area contributed by atoms with Crippen LogP contribution < -0.4 is 5.32 Å². The Labute approximate surface area is 171 Å². The van der Waals surface area contributed by atoms with E-state index in [-0.39, 0.29) is 12.5 Å². The third kappa shape index (κ3) is 10.2. The van der Waals surface area contributed by atoms with Gasteiger partial charge in [-0.2, -0.15) is 0 Å². The van der Waals surface area contributed by atoms with Gasteiger partial charge in [-0.05, 0) is 45.2 Å². The zero-order valence-corrected chi connectivity index (χ0v) is 18.6. The maximum Gasteiger partial charge on any atom is 0.243 e. The first-order valence-electron chi connectivity index (χ1n) is 10.4. The zero-order chi connectivity index (χ0) is 20.8. The van der Waals surface area contributed by atoms with Crippen molar-refractivity contribution in [2.24, 2.45) is 10.9 Å². The Morgan fingerprint density at radius 2 is 1.79 bits per heavy atom. The minimum atomic E-state index is 0.0125. The lowest BCUT2D eigenvalue weighted by molar-refractivity contribution is -0.127. The Morgan fingerprint density at radius 3 is 2.39 bits per heavy atom. The van der Waals surface area contributed by atoms with E-state index in [9.17, 15) is 4.79 Å². The summed E-state index contributed by atoms with van der Waals surface area (Å²) in [5, 5.41) is 3.34. The van der Waals surface area contributed by atoms with E-state index in [0.29, 0.717) is 13.2 Å². The van der Waals surface area contributed by atoms with E-state index in [1.165, 1.54) is 25.7 Å². The van der Waals surface area contributed by atoms with E-state index in [0.717, 1.165) is 44.7 Å². The van der Waals surface area contributed by atoms with Crippen LogP contribution in [0, 0.1) is 5.92 Å². The van der Waals surface area contributed by atoms with E-state index < -0.39 is 0 Å². The van der Waals surface area contributed by atoms with Crippen molar-refractivity contribution in [3.8, 4) is 0 Å². The van der Waals surface area contributed by atoms with Gasteiger partial charge in [0.15, 0.2) is 5.96 Å². The molecule has 1 N–H and O–H groups in total. The molecular formula is C20H41N5O3. The molecule has 1 aliphatic heterocycles. The van der Waals surface area contributed by atoms with Crippen molar-refractivity contribution < 1.29 is 14.3 Å². The topological polar surface area (TPSA) is 69.6 Å². The van der Waals surface area contributed by atoms with Crippen LogP contribution in [0.2, 0.25) is 0 Å². The minimum absolute atomic E-state index is 0.0125. The fourth-order valence-electron chi connectivity index (χ4n) is 3.26. The molecule has 0 saturated carbocycles. The standard InChI is InChI=1S/C20H41N5O3/c1-23(2)19(26)17-22-20(21-10-15-27-4)25-12-8-18(9-13-25)7-6-11-24(3)14-16-28-5/h18H,6-17H2,1-5H3,(H,21,22). The molecule has 0 aromatic carbocycles. The van der Waals surface area contributed by atoms with Crippen LogP contribution in [0.3, 0.4) is 0 Å². The molecule has 28 heavy (non-hydrogen) atoms. The number of nitrogens with one attached hydrogen (secondary N) is 1. The number of carbonyl (C=O) groups is 1. The maximum absolute atomic E-state index is 11.9. The first-order valence-corrected chi connectivity index (χ1v) is 10.4. The Balaban J connectivity index is 2.42. The lowest BCUT2D eigenvalue weighted by Gasteiger charge is -2.34. The number of amides is 1. The lowest BCUT2D eigenvalue weighted by atomic mass is 9.92. The molecule has 1 heterocycles. The van der Waals surface area contributed by atoms with E-state index in [4.69, 9.17) is 9.47 Å². The molecule has 0 bridgehead atoms. The number of hydrogen-bond acceptors (Lipinski definition) is 5. The minimum Gasteiger partial charge on any atom is -0.383 e. The van der Waals surface area contributed by atoms with E-state index in [1.807, 2.05) is 0 Å². The van der Waals surface area contributed by atoms with Gasteiger partial charge in [0.1, 0.15) is 6.54 Å². The first kappa shape index (κ1) is 24.7. The predicted octanol–water partition coefficient (Wildman–Crippen LogP) is 0.737. The van der Waals surface area contributed by atoms with E-state index in [2.05, 4.69) is 27.2 Å². The highest BCUT2D eigenvalue weighted by molar-refractivity contribution is 5.84. The quantitative estimate of drug-likeness (QED) is 0.297. The van der Waals surface area contributed by atoms with Crippen LogP contribution in [0.1, 0.15) is 25.7 Å². The molecule has 0 radical (unpaired) electrons. The molecule has 1 amide bonds. The number of likely N-dealkylation sites (N-methyl/N-ethyl adjacent to an activating group) is 2. The molecule has 8 nitrogen and oxygen atoms in total. The maximum atomic E-state index is 11.9. The molecule has 0 aliphatic carbocycles. The lowest BCUT2D eigenvalue weighted by Crippen LogP contribution is -2.47. The monoisotopic (exact) mass is 399 g/mol. The second-order valence-corrected chi connectivity index (χ2v) is 7.72. The van der Waals surface area contributed by atoms with E-state index in [1.54, 1.807) is 33.2 Å². The van der Waals surface area contributed by atoms with Gasteiger partial charge in [-0.15, -0.1) is 0 Å². The zero-order valence-electron chi connectivity index (χ0n) is 18.6. The van der Waals surface area contributed by atoms with Gasteiger partial charge in [-0.25, -0.2) is 4.99 Å². The summed E-state index contributed by atoms with van der Waals surface area (Å²) in [7, 11) is 9.11. The summed E-state index contributed by atoms with van der Waals surface area (Å²) >= 11 is 0. The molecule has 8 heteroatoms. The van der Waals surface area contributed by atoms with Gasteiger partial charge in [0, 0.05) is 54.5 Å². The number of rotatable bonds is 12. The molecule has 1 saturated heterocycles. The average Bonchev–Trinajstić information content (AvgIpc) is 2.69. The molecule has 1 rings (SSSR count). The summed E-state index contributed by atoms with van der Waals surface area (Å²) in [6, 6.07) is 0. The first-order chi connectivity index (χ1) is 13.5. The summed E-state index contributed by atoms with van der Waals surface area (Å²) in [5.41, 5.74) is 0. The van der Waals surface area contributed by atoms with Crippen molar-refractivity contribution in [3.63, 3.8) is 0 Å². The number of guanidine groups is 1. The Hall–Kier alpha value is -1.38. The van der Waals surface area contributed by atoms with Gasteiger partial charge < -0.3 is 29.5 Å². The summed E-state index contributed by atoms with van der Waals surface area (Å²) in [6.07, 6.45) is 4.85. The normalized spacial score (nSPS) is 15.9. The second kappa shape index (κ2) is 14.6. The van der Waals surface area contributed by atoms with Crippen molar-refractivity contribution in [3.05, 3.63) is 0 Å². The number of aliphatic imine (C=N–C) groups is 1. The summed E-state index contributed by atoms with van der Waals surface area (Å²) in [6.45, 7) is 6.37. The van der Waals surface area contributed by atoms with Crippen molar-refractivity contribution in [2.45, 2.75) is 25.7 Å². The molecular weight excluding hydrogens is 358 g/mol. The number of likely N-dealkylation sites (tertiary alicyclic amines) is 1. The molecule has 1 aliphatic rings. The molecule has 0 aromatic heterocycles. The average molecular weight is 400 g/mol. The van der Waals surface area contributed by atoms with Crippen molar-refractivity contribution in [1.82, 2.24) is 20.0 Å². The second-order valence-electron chi connectivity index (χ2n) is 7.72. The van der Waals surface area contributed by atoms with Crippen molar-refractivity contribution in [1.29, 1.82) is 0 Å². The van der Waals surface area contributed by atoms with Crippen LogP contribution in [0.4, 0.5) is 0 Å². The van der Waals surface area contributed by atoms with Crippen LogP contribution in [0.15, 0.2) is 4.99 Å². The van der Waals surface area contributed by atoms with Crippen LogP contribution in [0.5, 0.6) is 0 Å². The Morgan fingerprint density at radius 1 is 1.11 bits per heavy atom. The molecule has 164 valence electrons. The fraction of sp³-hybridized carbons (Fsp3) is 0.900. The summed E-state index contributed by atoms with van der Waals surface area (Å²) in [4.78, 5) is 22.6. The van der Waals surface area contributed by atoms with Crippen LogP contribution in [-0.2, 0) is 14.3 Å². The van der Waals surface area contributed by atoms with Gasteiger partial charge in [-0.3, -0.25) is 4.79 Å². The van der Waals surface area contributed by atoms with Crippen LogP contribution in [0.25, 0.3) is 0 Å². The highest BCUT2D eigenvalue weighted by Crippen LogP contribution is 2.22. The molecule has 1 fully saturated rings. The Bertz CT molecular complexity index is 451. The smallest absolute Gasteiger partial charge is 0.243 e. The van der Waals surface area contributed by atoms with Gasteiger partial charge in [0.25, 0.3) is 0 Å². The summed E-state index contributed by atoms with van der Waals surface area (Å²) < 4.78 is 10.3. The van der Waals surface area contributed by atoms with Crippen molar-refractivity contribution >= 4 is 11.9 Å². The highest BCUT2D eigenvalue weighted by Gasteiger charge is 2.21. The number of piperidine rings is 1. The van der Waals surface area contributed by atoms with Gasteiger partial charge >= 0.3 is 0 Å². The summed E-state index contributed by atoms with van der Waals surface area (Å²) in [5.74, 6) is 1.61. The largest absolute Gasteiger partial charge is 0.383 e. The van der Waals surface area contributed by atoms with Gasteiger partial charge in [0.2, 0.25) is 5.91 Å². The molecule has 0 unspecified atom stereocenters. The van der Waals surface area contributed by atoms with E-state index >= 15 is 0 Å². The van der Waals surface area contributed by atoms with Gasteiger partial charge in [-0.1, -0.05) is 0 Å². The fourth-order valence-corrected chi connectivity index (χ4v) is 3.26. The molecule has 0 atom stereocenters. The number of nitrogens with zero attached hydrogens (tertiary/aromatic N) is 4. The van der Waals surface area contributed by atoms with Crippen LogP contribution >= 0.6 is 0 Å².